The predicted octanol–water partition coefficient (Wildman–Crippen LogP) is 4.04. The lowest BCUT2D eigenvalue weighted by Gasteiger charge is -2.35. The van der Waals surface area contributed by atoms with Crippen molar-refractivity contribution in [3.63, 3.8) is 0 Å². The molecule has 6 heteroatoms. The lowest BCUT2D eigenvalue weighted by molar-refractivity contribution is -0.135. The Morgan fingerprint density at radius 1 is 1.18 bits per heavy atom. The Balaban J connectivity index is 1.96. The van der Waals surface area contributed by atoms with Crippen LogP contribution in [0.15, 0.2) is 24.3 Å². The molecule has 0 saturated carbocycles. The molecule has 6 nitrogen and oxygen atoms in total. The van der Waals surface area contributed by atoms with Gasteiger partial charge in [0.2, 0.25) is 5.91 Å². The number of rotatable bonds is 5. The second-order valence-corrected chi connectivity index (χ2v) is 9.02. The number of likely N-dealkylation sites (tertiary alicyclic amines) is 1. The van der Waals surface area contributed by atoms with Crippen LogP contribution in [0.2, 0.25) is 0 Å². The van der Waals surface area contributed by atoms with Gasteiger partial charge in [0, 0.05) is 13.1 Å². The van der Waals surface area contributed by atoms with Gasteiger partial charge in [-0.05, 0) is 69.6 Å². The normalized spacial score (nSPS) is 16.7. The molecule has 0 radical (unpaired) electrons. The summed E-state index contributed by atoms with van der Waals surface area (Å²) in [7, 11) is 0. The minimum atomic E-state index is -0.599. The number of phenolic OH excluding ortho intramolecular Hbond substituents is 1. The number of alkyl carbamates (subject to hydrolysis) is 1. The van der Waals surface area contributed by atoms with Crippen LogP contribution < -0.4 is 5.32 Å². The number of amides is 2. The Bertz CT molecular complexity index is 656. The summed E-state index contributed by atoms with van der Waals surface area (Å²) >= 11 is 0. The average molecular weight is 391 g/mol. The number of nitrogens with zero attached hydrogens (tertiary/aromatic N) is 1. The molecule has 1 atom stereocenters. The van der Waals surface area contributed by atoms with Gasteiger partial charge in [-0.2, -0.15) is 0 Å². The summed E-state index contributed by atoms with van der Waals surface area (Å²) in [5, 5.41) is 12.2. The molecule has 28 heavy (non-hydrogen) atoms. The first kappa shape index (κ1) is 22.1. The SMILES string of the molecule is CC(C)CC(NC(=O)OC(C)(C)C)C(=O)N1CCC(c2ccc(O)cc2)CC1. The molecule has 0 spiro atoms. The van der Waals surface area contributed by atoms with Crippen LogP contribution in [-0.2, 0) is 9.53 Å². The molecule has 1 fully saturated rings. The van der Waals surface area contributed by atoms with Gasteiger partial charge < -0.3 is 20.1 Å². The first-order valence-electron chi connectivity index (χ1n) is 10.1. The highest BCUT2D eigenvalue weighted by Gasteiger charge is 2.31. The fourth-order valence-electron chi connectivity index (χ4n) is 3.54. The first-order chi connectivity index (χ1) is 13.0. The molecular weight excluding hydrogens is 356 g/mol. The number of benzene rings is 1. The van der Waals surface area contributed by atoms with Gasteiger partial charge in [-0.15, -0.1) is 0 Å². The average Bonchev–Trinajstić information content (AvgIpc) is 2.59. The van der Waals surface area contributed by atoms with Crippen molar-refractivity contribution in [1.29, 1.82) is 0 Å². The van der Waals surface area contributed by atoms with Gasteiger partial charge in [0.25, 0.3) is 0 Å². The number of piperidine rings is 1. The number of hydrogen-bond acceptors (Lipinski definition) is 4. The quantitative estimate of drug-likeness (QED) is 0.795. The van der Waals surface area contributed by atoms with Crippen LogP contribution >= 0.6 is 0 Å². The molecule has 1 saturated heterocycles. The Hall–Kier alpha value is -2.24. The lowest BCUT2D eigenvalue weighted by atomic mass is 9.89. The molecule has 1 aliphatic heterocycles. The van der Waals surface area contributed by atoms with Crippen molar-refractivity contribution in [3.8, 4) is 5.75 Å². The molecule has 0 bridgehead atoms. The first-order valence-corrected chi connectivity index (χ1v) is 10.1. The molecule has 1 unspecified atom stereocenters. The van der Waals surface area contributed by atoms with Gasteiger partial charge in [0.05, 0.1) is 0 Å². The molecule has 2 amide bonds. The van der Waals surface area contributed by atoms with Gasteiger partial charge in [-0.1, -0.05) is 26.0 Å². The third-order valence-electron chi connectivity index (χ3n) is 4.87. The van der Waals surface area contributed by atoms with Crippen molar-refractivity contribution >= 4 is 12.0 Å². The van der Waals surface area contributed by atoms with Crippen molar-refractivity contribution in [2.75, 3.05) is 13.1 Å². The minimum absolute atomic E-state index is 0.0382. The number of phenols is 1. The maximum atomic E-state index is 13.0. The zero-order chi connectivity index (χ0) is 20.9. The smallest absolute Gasteiger partial charge is 0.408 e. The number of aromatic hydroxyl groups is 1. The van der Waals surface area contributed by atoms with E-state index in [1.165, 1.54) is 5.56 Å². The molecule has 1 aliphatic rings. The maximum Gasteiger partial charge on any atom is 0.408 e. The van der Waals surface area contributed by atoms with Crippen LogP contribution in [-0.4, -0.2) is 46.7 Å². The Morgan fingerprint density at radius 3 is 2.25 bits per heavy atom. The minimum Gasteiger partial charge on any atom is -0.508 e. The second kappa shape index (κ2) is 9.30. The van der Waals surface area contributed by atoms with E-state index in [4.69, 9.17) is 4.74 Å². The molecular formula is C22H34N2O4. The van der Waals surface area contributed by atoms with E-state index >= 15 is 0 Å². The molecule has 1 aromatic rings. The third kappa shape index (κ3) is 6.73. The molecule has 0 aliphatic carbocycles. The van der Waals surface area contributed by atoms with E-state index in [1.54, 1.807) is 32.9 Å². The number of ether oxygens (including phenoxy) is 1. The van der Waals surface area contributed by atoms with Crippen LogP contribution in [0.4, 0.5) is 4.79 Å². The number of carbonyl (C=O) groups excluding carboxylic acids is 2. The largest absolute Gasteiger partial charge is 0.508 e. The van der Waals surface area contributed by atoms with E-state index in [9.17, 15) is 14.7 Å². The summed E-state index contributed by atoms with van der Waals surface area (Å²) in [6, 6.07) is 6.73. The zero-order valence-electron chi connectivity index (χ0n) is 17.7. The fourth-order valence-corrected chi connectivity index (χ4v) is 3.54. The lowest BCUT2D eigenvalue weighted by Crippen LogP contribution is -2.51. The van der Waals surface area contributed by atoms with E-state index in [1.807, 2.05) is 30.9 Å². The monoisotopic (exact) mass is 390 g/mol. The second-order valence-electron chi connectivity index (χ2n) is 9.02. The van der Waals surface area contributed by atoms with Crippen molar-refractivity contribution in [2.45, 2.75) is 71.4 Å². The molecule has 2 rings (SSSR count). The third-order valence-corrected chi connectivity index (χ3v) is 4.87. The molecule has 2 N–H and O–H groups in total. The highest BCUT2D eigenvalue weighted by atomic mass is 16.6. The van der Waals surface area contributed by atoms with Crippen LogP contribution in [0, 0.1) is 5.92 Å². The number of carbonyl (C=O) groups is 2. The summed E-state index contributed by atoms with van der Waals surface area (Å²) < 4.78 is 5.33. The van der Waals surface area contributed by atoms with Crippen LogP contribution in [0.3, 0.4) is 0 Å². The van der Waals surface area contributed by atoms with Crippen molar-refractivity contribution < 1.29 is 19.4 Å². The number of nitrogens with one attached hydrogen (secondary N) is 1. The Labute approximate surface area is 168 Å². The van der Waals surface area contributed by atoms with Gasteiger partial charge >= 0.3 is 6.09 Å². The zero-order valence-corrected chi connectivity index (χ0v) is 17.7. The van der Waals surface area contributed by atoms with Gasteiger partial charge in [0.15, 0.2) is 0 Å². The van der Waals surface area contributed by atoms with Crippen molar-refractivity contribution in [3.05, 3.63) is 29.8 Å². The van der Waals surface area contributed by atoms with Gasteiger partial charge in [-0.3, -0.25) is 4.79 Å². The summed E-state index contributed by atoms with van der Waals surface area (Å²) in [5.74, 6) is 0.884. The maximum absolute atomic E-state index is 13.0. The van der Waals surface area contributed by atoms with Crippen molar-refractivity contribution in [2.24, 2.45) is 5.92 Å². The summed E-state index contributed by atoms with van der Waals surface area (Å²) in [5.41, 5.74) is 0.591. The van der Waals surface area contributed by atoms with E-state index in [0.717, 1.165) is 12.8 Å². The van der Waals surface area contributed by atoms with Gasteiger partial charge in [0.1, 0.15) is 17.4 Å². The summed E-state index contributed by atoms with van der Waals surface area (Å²) in [6.45, 7) is 10.8. The topological polar surface area (TPSA) is 78.9 Å². The van der Waals surface area contributed by atoms with E-state index < -0.39 is 17.7 Å². The highest BCUT2D eigenvalue weighted by molar-refractivity contribution is 5.85. The predicted molar refractivity (Wildman–Crippen MR) is 109 cm³/mol. The fraction of sp³-hybridized carbons (Fsp3) is 0.636. The Kier molecular flexibility index (Phi) is 7.33. The molecule has 156 valence electrons. The van der Waals surface area contributed by atoms with E-state index in [2.05, 4.69) is 5.32 Å². The Morgan fingerprint density at radius 2 is 1.75 bits per heavy atom. The molecule has 1 heterocycles. The van der Waals surface area contributed by atoms with Crippen LogP contribution in [0.25, 0.3) is 0 Å². The van der Waals surface area contributed by atoms with Crippen LogP contribution in [0.1, 0.15) is 65.4 Å². The van der Waals surface area contributed by atoms with Crippen molar-refractivity contribution in [1.82, 2.24) is 10.2 Å². The van der Waals surface area contributed by atoms with E-state index in [-0.39, 0.29) is 17.6 Å². The van der Waals surface area contributed by atoms with Crippen LogP contribution in [0.5, 0.6) is 5.75 Å². The van der Waals surface area contributed by atoms with E-state index in [0.29, 0.717) is 25.4 Å². The summed E-state index contributed by atoms with van der Waals surface area (Å²) in [6.07, 6.45) is 1.77. The van der Waals surface area contributed by atoms with Gasteiger partial charge in [-0.25, -0.2) is 4.79 Å². The number of hydrogen-bond donors (Lipinski definition) is 2. The highest BCUT2D eigenvalue weighted by Crippen LogP contribution is 2.29. The standard InChI is InChI=1S/C22H34N2O4/c1-15(2)14-19(23-21(27)28-22(3,4)5)20(26)24-12-10-17(11-13-24)16-6-8-18(25)9-7-16/h6-9,15,17,19,25H,10-14H2,1-5H3,(H,23,27). The summed E-state index contributed by atoms with van der Waals surface area (Å²) in [4.78, 5) is 27.1. The molecule has 0 aromatic heterocycles. The molecule has 1 aromatic carbocycles.